The predicted molar refractivity (Wildman–Crippen MR) is 109 cm³/mol. The standard InChI is InChI=1S/C21H27Cl2FN2O2/c1-12(27)25-14-6-5-13(11-14)20(28)26-19(21(2)9-3-4-10-21)17-16(24)8-7-15(22)18(17)23/h7-8,13-14,19H,3-6,9-11H2,1-2H3,(H,25,27)(H,26,28)/t13-,14-,19+/m1/s1. The molecule has 2 amide bonds. The minimum absolute atomic E-state index is 0.0141. The number of rotatable bonds is 5. The zero-order valence-electron chi connectivity index (χ0n) is 16.3. The molecule has 2 aliphatic rings. The number of carbonyl (C=O) groups excluding carboxylic acids is 2. The van der Waals surface area contributed by atoms with Crippen LogP contribution in [0.3, 0.4) is 0 Å². The van der Waals surface area contributed by atoms with Gasteiger partial charge in [0.1, 0.15) is 5.82 Å². The predicted octanol–water partition coefficient (Wildman–Crippen LogP) is 5.17. The van der Waals surface area contributed by atoms with E-state index in [0.717, 1.165) is 32.1 Å². The number of carbonyl (C=O) groups is 2. The number of amides is 2. The van der Waals surface area contributed by atoms with Crippen LogP contribution in [0.1, 0.15) is 70.4 Å². The van der Waals surface area contributed by atoms with Gasteiger partial charge in [-0.05, 0) is 49.7 Å². The molecule has 0 bridgehead atoms. The Labute approximate surface area is 175 Å². The number of hydrogen-bond acceptors (Lipinski definition) is 2. The third-order valence-electron chi connectivity index (χ3n) is 6.31. The summed E-state index contributed by atoms with van der Waals surface area (Å²) in [6.45, 7) is 3.56. The molecule has 0 unspecified atom stereocenters. The molecule has 3 atom stereocenters. The molecule has 1 aromatic rings. The average molecular weight is 429 g/mol. The van der Waals surface area contributed by atoms with Crippen LogP contribution in [0.5, 0.6) is 0 Å². The van der Waals surface area contributed by atoms with Crippen LogP contribution in [0.2, 0.25) is 10.0 Å². The fraction of sp³-hybridized carbons (Fsp3) is 0.619. The molecule has 154 valence electrons. The van der Waals surface area contributed by atoms with Crippen molar-refractivity contribution in [2.24, 2.45) is 11.3 Å². The lowest BCUT2D eigenvalue weighted by Gasteiger charge is -2.36. The topological polar surface area (TPSA) is 58.2 Å². The first-order valence-corrected chi connectivity index (χ1v) is 10.7. The number of benzene rings is 1. The fourth-order valence-corrected chi connectivity index (χ4v) is 5.20. The third-order valence-corrected chi connectivity index (χ3v) is 7.13. The molecular weight excluding hydrogens is 402 g/mol. The number of halogens is 3. The molecule has 2 fully saturated rings. The zero-order chi connectivity index (χ0) is 20.5. The summed E-state index contributed by atoms with van der Waals surface area (Å²) in [4.78, 5) is 24.3. The van der Waals surface area contributed by atoms with Gasteiger partial charge in [-0.1, -0.05) is 43.0 Å². The zero-order valence-corrected chi connectivity index (χ0v) is 17.8. The van der Waals surface area contributed by atoms with E-state index >= 15 is 0 Å². The van der Waals surface area contributed by atoms with Gasteiger partial charge in [0.2, 0.25) is 11.8 Å². The normalized spacial score (nSPS) is 24.8. The van der Waals surface area contributed by atoms with Crippen molar-refractivity contribution < 1.29 is 14.0 Å². The minimum Gasteiger partial charge on any atom is -0.354 e. The Morgan fingerprint density at radius 3 is 2.54 bits per heavy atom. The summed E-state index contributed by atoms with van der Waals surface area (Å²) in [5.74, 6) is -0.850. The molecule has 3 rings (SSSR count). The van der Waals surface area contributed by atoms with Crippen LogP contribution in [0.4, 0.5) is 4.39 Å². The molecule has 1 aromatic carbocycles. The maximum absolute atomic E-state index is 14.8. The Bertz CT molecular complexity index is 765. The van der Waals surface area contributed by atoms with Gasteiger partial charge in [0, 0.05) is 24.4 Å². The monoisotopic (exact) mass is 428 g/mol. The van der Waals surface area contributed by atoms with Gasteiger partial charge >= 0.3 is 0 Å². The van der Waals surface area contributed by atoms with Gasteiger partial charge in [0.15, 0.2) is 0 Å². The summed E-state index contributed by atoms with van der Waals surface area (Å²) in [7, 11) is 0. The second-order valence-electron chi connectivity index (χ2n) is 8.47. The molecule has 0 saturated heterocycles. The van der Waals surface area contributed by atoms with E-state index in [4.69, 9.17) is 23.2 Å². The summed E-state index contributed by atoms with van der Waals surface area (Å²) in [5.41, 5.74) is 0.00354. The van der Waals surface area contributed by atoms with Gasteiger partial charge in [0.25, 0.3) is 0 Å². The number of nitrogens with one attached hydrogen (secondary N) is 2. The van der Waals surface area contributed by atoms with Gasteiger partial charge in [0.05, 0.1) is 16.1 Å². The molecule has 0 aromatic heterocycles. The maximum Gasteiger partial charge on any atom is 0.223 e. The first-order chi connectivity index (χ1) is 13.2. The van der Waals surface area contributed by atoms with Crippen molar-refractivity contribution in [1.29, 1.82) is 0 Å². The van der Waals surface area contributed by atoms with Crippen molar-refractivity contribution in [1.82, 2.24) is 10.6 Å². The van der Waals surface area contributed by atoms with Crippen LogP contribution in [-0.2, 0) is 9.59 Å². The van der Waals surface area contributed by atoms with E-state index in [2.05, 4.69) is 17.6 Å². The molecule has 4 nitrogen and oxygen atoms in total. The molecule has 0 heterocycles. The summed E-state index contributed by atoms with van der Waals surface area (Å²) in [5, 5.41) is 6.44. The summed E-state index contributed by atoms with van der Waals surface area (Å²) in [6.07, 6.45) is 5.92. The van der Waals surface area contributed by atoms with E-state index in [1.165, 1.54) is 19.1 Å². The second kappa shape index (κ2) is 8.58. The smallest absolute Gasteiger partial charge is 0.223 e. The molecule has 7 heteroatoms. The first-order valence-electron chi connectivity index (χ1n) is 9.92. The van der Waals surface area contributed by atoms with Crippen LogP contribution < -0.4 is 10.6 Å². The van der Waals surface area contributed by atoms with E-state index in [9.17, 15) is 14.0 Å². The highest BCUT2D eigenvalue weighted by atomic mass is 35.5. The van der Waals surface area contributed by atoms with Crippen LogP contribution in [0.15, 0.2) is 12.1 Å². The van der Waals surface area contributed by atoms with Gasteiger partial charge in [-0.25, -0.2) is 4.39 Å². The highest BCUT2D eigenvalue weighted by molar-refractivity contribution is 6.42. The van der Waals surface area contributed by atoms with Crippen LogP contribution in [-0.4, -0.2) is 17.9 Å². The largest absolute Gasteiger partial charge is 0.354 e. The maximum atomic E-state index is 14.8. The van der Waals surface area contributed by atoms with Crippen molar-refractivity contribution in [3.8, 4) is 0 Å². The molecule has 0 spiro atoms. The van der Waals surface area contributed by atoms with Crippen LogP contribution in [0.25, 0.3) is 0 Å². The Morgan fingerprint density at radius 1 is 1.21 bits per heavy atom. The Kier molecular flexibility index (Phi) is 6.55. The van der Waals surface area contributed by atoms with Crippen molar-refractivity contribution in [2.75, 3.05) is 0 Å². The molecule has 0 radical (unpaired) electrons. The van der Waals surface area contributed by atoms with E-state index in [1.54, 1.807) is 0 Å². The first kappa shape index (κ1) is 21.4. The van der Waals surface area contributed by atoms with Gasteiger partial charge < -0.3 is 10.6 Å². The van der Waals surface area contributed by atoms with Gasteiger partial charge in [-0.3, -0.25) is 9.59 Å². The Balaban J connectivity index is 1.84. The quantitative estimate of drug-likeness (QED) is 0.634. The van der Waals surface area contributed by atoms with Crippen LogP contribution >= 0.6 is 23.2 Å². The van der Waals surface area contributed by atoms with E-state index < -0.39 is 11.9 Å². The number of hydrogen-bond donors (Lipinski definition) is 2. The molecule has 28 heavy (non-hydrogen) atoms. The van der Waals surface area contributed by atoms with Gasteiger partial charge in [-0.2, -0.15) is 0 Å². The van der Waals surface area contributed by atoms with Crippen molar-refractivity contribution in [3.63, 3.8) is 0 Å². The fourth-order valence-electron chi connectivity index (χ4n) is 4.77. The van der Waals surface area contributed by atoms with Crippen molar-refractivity contribution >= 4 is 35.0 Å². The Hall–Kier alpha value is -1.33. The molecule has 2 aliphatic carbocycles. The van der Waals surface area contributed by atoms with E-state index in [-0.39, 0.29) is 44.8 Å². The third kappa shape index (κ3) is 4.46. The Morgan fingerprint density at radius 2 is 1.89 bits per heavy atom. The van der Waals surface area contributed by atoms with Crippen LogP contribution in [0, 0.1) is 17.2 Å². The molecule has 0 aliphatic heterocycles. The SMILES string of the molecule is CC(=O)N[C@@H]1CC[C@@H](C(=O)N[C@@H](c2c(F)ccc(Cl)c2Cl)C2(C)CCCC2)C1. The van der Waals surface area contributed by atoms with E-state index in [1.807, 2.05) is 0 Å². The highest BCUT2D eigenvalue weighted by Crippen LogP contribution is 2.50. The summed E-state index contributed by atoms with van der Waals surface area (Å²) >= 11 is 12.5. The van der Waals surface area contributed by atoms with E-state index in [0.29, 0.717) is 12.8 Å². The summed E-state index contributed by atoms with van der Waals surface area (Å²) < 4.78 is 14.8. The lowest BCUT2D eigenvalue weighted by atomic mass is 9.76. The molecular formula is C21H27Cl2FN2O2. The van der Waals surface area contributed by atoms with Gasteiger partial charge in [-0.15, -0.1) is 0 Å². The molecule has 2 saturated carbocycles. The lowest BCUT2D eigenvalue weighted by molar-refractivity contribution is -0.127. The molecule has 2 N–H and O–H groups in total. The van der Waals surface area contributed by atoms with Crippen molar-refractivity contribution in [3.05, 3.63) is 33.6 Å². The minimum atomic E-state index is -0.534. The van der Waals surface area contributed by atoms with Crippen molar-refractivity contribution in [2.45, 2.75) is 70.9 Å². The average Bonchev–Trinajstić information content (AvgIpc) is 3.27. The lowest BCUT2D eigenvalue weighted by Crippen LogP contribution is -2.41. The second-order valence-corrected chi connectivity index (χ2v) is 9.25. The highest BCUT2D eigenvalue weighted by Gasteiger charge is 2.42. The summed E-state index contributed by atoms with van der Waals surface area (Å²) in [6, 6.07) is 2.23.